The molecule has 0 unspecified atom stereocenters. The number of hydrogen-bond donors (Lipinski definition) is 1. The summed E-state index contributed by atoms with van der Waals surface area (Å²) in [5.41, 5.74) is 2.50. The summed E-state index contributed by atoms with van der Waals surface area (Å²) in [6.45, 7) is 4.55. The Labute approximate surface area is 146 Å². The fraction of sp³-hybridized carbons (Fsp3) is 0.0952. The van der Waals surface area contributed by atoms with Gasteiger partial charge in [0, 0.05) is 5.39 Å². The Hall–Kier alpha value is -3.27. The number of nitrogens with one attached hydrogen (secondary N) is 1. The Bertz CT molecular complexity index is 965. The van der Waals surface area contributed by atoms with Crippen molar-refractivity contribution in [3.63, 3.8) is 0 Å². The molecule has 25 heavy (non-hydrogen) atoms. The highest BCUT2D eigenvalue weighted by Crippen LogP contribution is 2.41. The normalized spacial score (nSPS) is 13.3. The van der Waals surface area contributed by atoms with E-state index in [0.717, 1.165) is 27.9 Å². The van der Waals surface area contributed by atoms with Gasteiger partial charge in [-0.3, -0.25) is 4.79 Å². The molecule has 4 rings (SSSR count). The van der Waals surface area contributed by atoms with Crippen LogP contribution in [0, 0.1) is 0 Å². The molecule has 1 heterocycles. The van der Waals surface area contributed by atoms with Crippen LogP contribution < -0.4 is 15.0 Å². The average Bonchev–Trinajstić information content (AvgIpc) is 2.67. The van der Waals surface area contributed by atoms with Gasteiger partial charge in [-0.25, -0.2) is 0 Å². The number of fused-ring (bicyclic) bond motifs is 2. The Morgan fingerprint density at radius 3 is 2.76 bits per heavy atom. The minimum absolute atomic E-state index is 0.0550. The molecular formula is C21H18N2O2. The number of nitrogens with zero attached hydrogens (tertiary/aromatic N) is 1. The number of anilines is 2. The maximum absolute atomic E-state index is 12.2. The van der Waals surface area contributed by atoms with Gasteiger partial charge in [0.25, 0.3) is 5.91 Å². The van der Waals surface area contributed by atoms with Gasteiger partial charge in [0.1, 0.15) is 12.4 Å². The fourth-order valence-electron chi connectivity index (χ4n) is 3.21. The minimum Gasteiger partial charge on any atom is -0.487 e. The van der Waals surface area contributed by atoms with Gasteiger partial charge in [-0.15, -0.1) is 0 Å². The summed E-state index contributed by atoms with van der Waals surface area (Å²) < 4.78 is 5.92. The molecule has 0 saturated carbocycles. The Kier molecular flexibility index (Phi) is 3.86. The number of para-hydroxylation sites is 1. The molecule has 1 aliphatic heterocycles. The van der Waals surface area contributed by atoms with Crippen molar-refractivity contribution in [3.8, 4) is 5.75 Å². The van der Waals surface area contributed by atoms with Crippen molar-refractivity contribution in [1.82, 2.24) is 5.32 Å². The zero-order valence-electron chi connectivity index (χ0n) is 13.7. The summed E-state index contributed by atoms with van der Waals surface area (Å²) in [5, 5.41) is 5.15. The van der Waals surface area contributed by atoms with E-state index in [0.29, 0.717) is 18.8 Å². The van der Waals surface area contributed by atoms with E-state index in [4.69, 9.17) is 4.74 Å². The quantitative estimate of drug-likeness (QED) is 0.727. The second kappa shape index (κ2) is 6.32. The number of carbonyl (C=O) groups excluding carboxylic acids is 1. The van der Waals surface area contributed by atoms with Crippen molar-refractivity contribution in [1.29, 1.82) is 0 Å². The first-order chi connectivity index (χ1) is 12.3. The lowest BCUT2D eigenvalue weighted by Crippen LogP contribution is -2.41. The summed E-state index contributed by atoms with van der Waals surface area (Å²) in [6, 6.07) is 19.8. The van der Waals surface area contributed by atoms with Crippen LogP contribution >= 0.6 is 0 Å². The highest BCUT2D eigenvalue weighted by molar-refractivity contribution is 6.06. The monoisotopic (exact) mass is 330 g/mol. The lowest BCUT2D eigenvalue weighted by molar-refractivity contribution is 0.0949. The Morgan fingerprint density at radius 2 is 1.88 bits per heavy atom. The summed E-state index contributed by atoms with van der Waals surface area (Å²) in [6.07, 6.45) is 1.73. The van der Waals surface area contributed by atoms with Gasteiger partial charge in [-0.1, -0.05) is 55.1 Å². The number of benzene rings is 3. The zero-order chi connectivity index (χ0) is 17.2. The third kappa shape index (κ3) is 2.62. The molecular weight excluding hydrogens is 312 g/mol. The van der Waals surface area contributed by atoms with Crippen molar-refractivity contribution in [2.45, 2.75) is 0 Å². The molecule has 0 saturated heterocycles. The van der Waals surface area contributed by atoms with E-state index in [-0.39, 0.29) is 5.91 Å². The summed E-state index contributed by atoms with van der Waals surface area (Å²) >= 11 is 0. The standard InChI is InChI=1S/C21H18N2O2/c1-2-13-25-19-12-11-15-7-3-4-8-16(15)20(19)23-14-22-21(24)17-9-5-6-10-18(17)23/h2-12H,1,13-14H2,(H,22,24). The van der Waals surface area contributed by atoms with Gasteiger partial charge in [0.05, 0.1) is 23.6 Å². The van der Waals surface area contributed by atoms with Crippen molar-refractivity contribution in [3.05, 3.63) is 78.9 Å². The summed E-state index contributed by atoms with van der Waals surface area (Å²) in [5.74, 6) is 0.713. The molecule has 0 radical (unpaired) electrons. The van der Waals surface area contributed by atoms with E-state index in [9.17, 15) is 4.79 Å². The van der Waals surface area contributed by atoms with E-state index in [2.05, 4.69) is 28.9 Å². The van der Waals surface area contributed by atoms with E-state index in [1.807, 2.05) is 48.5 Å². The number of amides is 1. The van der Waals surface area contributed by atoms with Crippen LogP contribution in [0.25, 0.3) is 10.8 Å². The third-order valence-electron chi connectivity index (χ3n) is 4.33. The summed E-state index contributed by atoms with van der Waals surface area (Å²) in [4.78, 5) is 14.3. The maximum atomic E-state index is 12.2. The van der Waals surface area contributed by atoms with Crippen LogP contribution in [-0.2, 0) is 0 Å². The smallest absolute Gasteiger partial charge is 0.254 e. The molecule has 0 fully saturated rings. The van der Waals surface area contributed by atoms with E-state index in [1.165, 1.54) is 0 Å². The fourth-order valence-corrected chi connectivity index (χ4v) is 3.21. The maximum Gasteiger partial charge on any atom is 0.254 e. The molecule has 4 nitrogen and oxygen atoms in total. The Morgan fingerprint density at radius 1 is 1.08 bits per heavy atom. The average molecular weight is 330 g/mol. The van der Waals surface area contributed by atoms with Crippen molar-refractivity contribution in [2.75, 3.05) is 18.2 Å². The Balaban J connectivity index is 1.95. The number of ether oxygens (including phenoxy) is 1. The van der Waals surface area contributed by atoms with Gasteiger partial charge >= 0.3 is 0 Å². The van der Waals surface area contributed by atoms with Crippen LogP contribution in [0.15, 0.2) is 73.3 Å². The van der Waals surface area contributed by atoms with E-state index >= 15 is 0 Å². The predicted molar refractivity (Wildman–Crippen MR) is 101 cm³/mol. The molecule has 0 aromatic heterocycles. The number of carbonyl (C=O) groups is 1. The van der Waals surface area contributed by atoms with Crippen LogP contribution in [0.4, 0.5) is 11.4 Å². The summed E-state index contributed by atoms with van der Waals surface area (Å²) in [7, 11) is 0. The topological polar surface area (TPSA) is 41.6 Å². The van der Waals surface area contributed by atoms with Crippen LogP contribution in [0.3, 0.4) is 0 Å². The van der Waals surface area contributed by atoms with Crippen LogP contribution in [0.2, 0.25) is 0 Å². The molecule has 0 spiro atoms. The molecule has 0 atom stereocenters. The number of rotatable bonds is 4. The zero-order valence-corrected chi connectivity index (χ0v) is 13.7. The van der Waals surface area contributed by atoms with E-state index < -0.39 is 0 Å². The van der Waals surface area contributed by atoms with Crippen LogP contribution in [-0.4, -0.2) is 19.2 Å². The highest BCUT2D eigenvalue weighted by Gasteiger charge is 2.26. The molecule has 124 valence electrons. The van der Waals surface area contributed by atoms with Gasteiger partial charge in [0.2, 0.25) is 0 Å². The molecule has 0 bridgehead atoms. The second-order valence-electron chi connectivity index (χ2n) is 5.84. The van der Waals surface area contributed by atoms with Gasteiger partial charge < -0.3 is 15.0 Å². The van der Waals surface area contributed by atoms with E-state index in [1.54, 1.807) is 6.08 Å². The van der Waals surface area contributed by atoms with Gasteiger partial charge in [-0.2, -0.15) is 0 Å². The predicted octanol–water partition coefficient (Wildman–Crippen LogP) is 4.24. The first-order valence-corrected chi connectivity index (χ1v) is 8.20. The molecule has 3 aromatic rings. The largest absolute Gasteiger partial charge is 0.487 e. The van der Waals surface area contributed by atoms with Crippen LogP contribution in [0.5, 0.6) is 5.75 Å². The second-order valence-corrected chi connectivity index (χ2v) is 5.84. The van der Waals surface area contributed by atoms with Crippen molar-refractivity contribution < 1.29 is 9.53 Å². The minimum atomic E-state index is -0.0550. The van der Waals surface area contributed by atoms with Crippen molar-refractivity contribution >= 4 is 28.1 Å². The third-order valence-corrected chi connectivity index (χ3v) is 4.33. The molecule has 1 amide bonds. The molecule has 1 N–H and O–H groups in total. The molecule has 4 heteroatoms. The molecule has 0 aliphatic carbocycles. The first-order valence-electron chi connectivity index (χ1n) is 8.20. The van der Waals surface area contributed by atoms with Crippen LogP contribution in [0.1, 0.15) is 10.4 Å². The van der Waals surface area contributed by atoms with Crippen molar-refractivity contribution in [2.24, 2.45) is 0 Å². The first kappa shape index (κ1) is 15.3. The molecule has 3 aromatic carbocycles. The lowest BCUT2D eigenvalue weighted by Gasteiger charge is -2.33. The SMILES string of the molecule is C=CCOc1ccc2ccccc2c1N1CNC(=O)c2ccccc21. The highest BCUT2D eigenvalue weighted by atomic mass is 16.5. The van der Waals surface area contributed by atoms with Gasteiger partial charge in [-0.05, 0) is 23.6 Å². The van der Waals surface area contributed by atoms with Gasteiger partial charge in [0.15, 0.2) is 0 Å². The number of hydrogen-bond acceptors (Lipinski definition) is 3. The lowest BCUT2D eigenvalue weighted by atomic mass is 10.0. The molecule has 1 aliphatic rings.